The van der Waals surface area contributed by atoms with E-state index < -0.39 is 11.7 Å². The number of carbonyl (C=O) groups is 1. The van der Waals surface area contributed by atoms with Crippen molar-refractivity contribution in [1.29, 1.82) is 0 Å². The number of halogens is 1. The fraction of sp³-hybridized carbons (Fsp3) is 0.500. The number of amides is 1. The highest BCUT2D eigenvalue weighted by Crippen LogP contribution is 2.24. The van der Waals surface area contributed by atoms with Gasteiger partial charge in [-0.2, -0.15) is 0 Å². The van der Waals surface area contributed by atoms with Gasteiger partial charge in [0.05, 0.1) is 0 Å². The van der Waals surface area contributed by atoms with Crippen LogP contribution in [0.1, 0.15) is 23.2 Å². The van der Waals surface area contributed by atoms with Crippen molar-refractivity contribution in [3.8, 4) is 5.75 Å². The van der Waals surface area contributed by atoms with Gasteiger partial charge in [0.25, 0.3) is 5.91 Å². The number of rotatable bonds is 3. The minimum atomic E-state index is -0.664. The molecule has 0 atom stereocenters. The summed E-state index contributed by atoms with van der Waals surface area (Å²) >= 11 is 0. The number of phenolic OH excluding ortho intramolecular Hbond substituents is 1. The monoisotopic (exact) mass is 266 g/mol. The Balaban J connectivity index is 2.05. The van der Waals surface area contributed by atoms with Crippen LogP contribution in [0.5, 0.6) is 5.75 Å². The third-order valence-electron chi connectivity index (χ3n) is 3.60. The summed E-state index contributed by atoms with van der Waals surface area (Å²) < 4.78 is 13.6. The highest BCUT2D eigenvalue weighted by Gasteiger charge is 2.26. The van der Waals surface area contributed by atoms with Gasteiger partial charge in [-0.1, -0.05) is 6.07 Å². The second kappa shape index (κ2) is 6.02. The van der Waals surface area contributed by atoms with Crippen LogP contribution >= 0.6 is 0 Å². The zero-order valence-corrected chi connectivity index (χ0v) is 11.0. The van der Waals surface area contributed by atoms with E-state index in [1.165, 1.54) is 18.2 Å². The summed E-state index contributed by atoms with van der Waals surface area (Å²) in [6, 6.07) is 3.92. The Morgan fingerprint density at radius 1 is 1.47 bits per heavy atom. The SMILES string of the molecule is CNCC1CCN(C(=O)c2c(O)cccc2F)CC1. The standard InChI is InChI=1S/C14H19FN2O2/c1-16-9-10-5-7-17(8-6-10)14(19)13-11(15)3-2-4-12(13)18/h2-4,10,16,18H,5-9H2,1H3. The van der Waals surface area contributed by atoms with Crippen molar-refractivity contribution in [1.82, 2.24) is 10.2 Å². The molecule has 0 aromatic heterocycles. The molecule has 19 heavy (non-hydrogen) atoms. The average Bonchev–Trinajstić information content (AvgIpc) is 2.39. The first-order valence-electron chi connectivity index (χ1n) is 6.55. The van der Waals surface area contributed by atoms with Crippen molar-refractivity contribution >= 4 is 5.91 Å². The minimum absolute atomic E-state index is 0.213. The van der Waals surface area contributed by atoms with Crippen LogP contribution < -0.4 is 5.32 Å². The first kappa shape index (κ1) is 13.8. The van der Waals surface area contributed by atoms with Gasteiger partial charge < -0.3 is 15.3 Å². The highest BCUT2D eigenvalue weighted by molar-refractivity contribution is 5.97. The summed E-state index contributed by atoms with van der Waals surface area (Å²) in [4.78, 5) is 13.8. The lowest BCUT2D eigenvalue weighted by Crippen LogP contribution is -2.40. The van der Waals surface area contributed by atoms with Gasteiger partial charge >= 0.3 is 0 Å². The number of likely N-dealkylation sites (tertiary alicyclic amines) is 1. The predicted octanol–water partition coefficient (Wildman–Crippen LogP) is 1.60. The molecular formula is C14H19FN2O2. The van der Waals surface area contributed by atoms with Crippen LogP contribution in [0.3, 0.4) is 0 Å². The Hall–Kier alpha value is -1.62. The van der Waals surface area contributed by atoms with E-state index in [2.05, 4.69) is 5.32 Å². The summed E-state index contributed by atoms with van der Waals surface area (Å²) in [5, 5.41) is 12.8. The molecule has 0 saturated carbocycles. The van der Waals surface area contributed by atoms with Gasteiger partial charge in [0.15, 0.2) is 0 Å². The fourth-order valence-electron chi connectivity index (χ4n) is 2.51. The number of hydrogen-bond acceptors (Lipinski definition) is 3. The van der Waals surface area contributed by atoms with Crippen molar-refractivity contribution in [2.45, 2.75) is 12.8 Å². The van der Waals surface area contributed by atoms with Crippen molar-refractivity contribution in [2.24, 2.45) is 5.92 Å². The van der Waals surface area contributed by atoms with Gasteiger partial charge in [-0.05, 0) is 44.5 Å². The number of carbonyl (C=O) groups excluding carboxylic acids is 1. The van der Waals surface area contributed by atoms with E-state index >= 15 is 0 Å². The Bertz CT molecular complexity index is 437. The van der Waals surface area contributed by atoms with E-state index in [0.717, 1.165) is 19.4 Å². The van der Waals surface area contributed by atoms with Gasteiger partial charge in [0.2, 0.25) is 0 Å². The molecule has 4 nitrogen and oxygen atoms in total. The fourth-order valence-corrected chi connectivity index (χ4v) is 2.51. The van der Waals surface area contributed by atoms with Crippen LogP contribution in [0.4, 0.5) is 4.39 Å². The summed E-state index contributed by atoms with van der Waals surface area (Å²) in [6.07, 6.45) is 1.81. The maximum atomic E-state index is 13.6. The van der Waals surface area contributed by atoms with E-state index in [4.69, 9.17) is 0 Å². The molecule has 0 radical (unpaired) electrons. The van der Waals surface area contributed by atoms with Gasteiger partial charge in [-0.15, -0.1) is 0 Å². The number of aromatic hydroxyl groups is 1. The summed E-state index contributed by atoms with van der Waals surface area (Å²) in [5.41, 5.74) is -0.213. The number of benzene rings is 1. The molecule has 0 bridgehead atoms. The molecule has 104 valence electrons. The maximum absolute atomic E-state index is 13.6. The number of phenols is 1. The maximum Gasteiger partial charge on any atom is 0.260 e. The van der Waals surface area contributed by atoms with E-state index in [0.29, 0.717) is 19.0 Å². The number of nitrogens with one attached hydrogen (secondary N) is 1. The molecule has 1 amide bonds. The quantitative estimate of drug-likeness (QED) is 0.874. The molecule has 1 aromatic rings. The molecule has 1 saturated heterocycles. The smallest absolute Gasteiger partial charge is 0.260 e. The van der Waals surface area contributed by atoms with Crippen LogP contribution in [0.15, 0.2) is 18.2 Å². The van der Waals surface area contributed by atoms with Gasteiger partial charge in [0, 0.05) is 13.1 Å². The predicted molar refractivity (Wildman–Crippen MR) is 70.6 cm³/mol. The molecule has 2 rings (SSSR count). The molecule has 0 unspecified atom stereocenters. The molecule has 1 aromatic carbocycles. The highest BCUT2D eigenvalue weighted by atomic mass is 19.1. The second-order valence-corrected chi connectivity index (χ2v) is 4.93. The van der Waals surface area contributed by atoms with Crippen molar-refractivity contribution in [2.75, 3.05) is 26.7 Å². The molecular weight excluding hydrogens is 247 g/mol. The van der Waals surface area contributed by atoms with E-state index in [1.54, 1.807) is 4.90 Å². The molecule has 0 aliphatic carbocycles. The molecule has 1 aliphatic heterocycles. The van der Waals surface area contributed by atoms with Gasteiger partial charge in [0.1, 0.15) is 17.1 Å². The van der Waals surface area contributed by atoms with E-state index in [-0.39, 0.29) is 11.3 Å². The number of hydrogen-bond donors (Lipinski definition) is 2. The largest absolute Gasteiger partial charge is 0.507 e. The summed E-state index contributed by atoms with van der Waals surface area (Å²) in [5.74, 6) is -0.813. The number of piperidine rings is 1. The Morgan fingerprint density at radius 3 is 2.74 bits per heavy atom. The lowest BCUT2D eigenvalue weighted by atomic mass is 9.96. The van der Waals surface area contributed by atoms with Crippen LogP contribution in [-0.2, 0) is 0 Å². The number of nitrogens with zero attached hydrogens (tertiary/aromatic N) is 1. The molecule has 1 aliphatic rings. The summed E-state index contributed by atoms with van der Waals surface area (Å²) in [7, 11) is 1.91. The normalized spacial score (nSPS) is 16.6. The van der Waals surface area contributed by atoms with Gasteiger partial charge in [-0.3, -0.25) is 4.79 Å². The zero-order valence-electron chi connectivity index (χ0n) is 11.0. The minimum Gasteiger partial charge on any atom is -0.507 e. The molecule has 0 spiro atoms. The Kier molecular flexibility index (Phi) is 4.37. The van der Waals surface area contributed by atoms with Crippen molar-refractivity contribution in [3.63, 3.8) is 0 Å². The van der Waals surface area contributed by atoms with Crippen molar-refractivity contribution in [3.05, 3.63) is 29.6 Å². The van der Waals surface area contributed by atoms with E-state index in [9.17, 15) is 14.3 Å². The molecule has 2 N–H and O–H groups in total. The summed E-state index contributed by atoms with van der Waals surface area (Å²) in [6.45, 7) is 2.16. The van der Waals surface area contributed by atoms with Crippen LogP contribution in [0, 0.1) is 11.7 Å². The topological polar surface area (TPSA) is 52.6 Å². The molecule has 1 heterocycles. The lowest BCUT2D eigenvalue weighted by Gasteiger charge is -2.32. The lowest BCUT2D eigenvalue weighted by molar-refractivity contribution is 0.0683. The van der Waals surface area contributed by atoms with Gasteiger partial charge in [-0.25, -0.2) is 4.39 Å². The Labute approximate surface area is 112 Å². The van der Waals surface area contributed by atoms with Crippen LogP contribution in [0.25, 0.3) is 0 Å². The average molecular weight is 266 g/mol. The Morgan fingerprint density at radius 2 is 2.16 bits per heavy atom. The third-order valence-corrected chi connectivity index (χ3v) is 3.60. The van der Waals surface area contributed by atoms with Crippen molar-refractivity contribution < 1.29 is 14.3 Å². The first-order chi connectivity index (χ1) is 9.13. The first-order valence-corrected chi connectivity index (χ1v) is 6.55. The van der Waals surface area contributed by atoms with E-state index in [1.807, 2.05) is 7.05 Å². The molecule has 1 fully saturated rings. The van der Waals surface area contributed by atoms with Crippen LogP contribution in [0.2, 0.25) is 0 Å². The third kappa shape index (κ3) is 3.04. The molecule has 5 heteroatoms. The zero-order chi connectivity index (χ0) is 13.8. The van der Waals surface area contributed by atoms with Crippen LogP contribution in [-0.4, -0.2) is 42.6 Å². The second-order valence-electron chi connectivity index (χ2n) is 4.93.